The van der Waals surface area contributed by atoms with Crippen LogP contribution in [0.1, 0.15) is 12.8 Å². The van der Waals surface area contributed by atoms with E-state index in [9.17, 15) is 4.79 Å². The van der Waals surface area contributed by atoms with Crippen LogP contribution in [0, 0.1) is 5.92 Å². The highest BCUT2D eigenvalue weighted by Gasteiger charge is 2.35. The molecule has 1 aromatic heterocycles. The summed E-state index contributed by atoms with van der Waals surface area (Å²) in [6.07, 6.45) is 4.37. The van der Waals surface area contributed by atoms with Crippen LogP contribution in [0.25, 0.3) is 0 Å². The largest absolute Gasteiger partial charge is 0.370 e. The average molecular weight is 411 g/mol. The zero-order valence-electron chi connectivity index (χ0n) is 16.2. The zero-order valence-corrected chi connectivity index (χ0v) is 17.0. The Morgan fingerprint density at radius 2 is 2.00 bits per heavy atom. The second-order valence-electron chi connectivity index (χ2n) is 7.43. The first kappa shape index (κ1) is 21.2. The van der Waals surface area contributed by atoms with Crippen molar-refractivity contribution in [3.8, 4) is 0 Å². The number of alkyl halides is 1. The molecule has 1 unspecified atom stereocenters. The van der Waals surface area contributed by atoms with Crippen molar-refractivity contribution >= 4 is 28.9 Å². The lowest BCUT2D eigenvalue weighted by molar-refractivity contribution is -0.121. The lowest BCUT2D eigenvalue weighted by atomic mass is 9.99. The summed E-state index contributed by atoms with van der Waals surface area (Å²) in [7, 11) is 1.99. The number of nitrogens with two attached hydrogens (primary N) is 2. The van der Waals surface area contributed by atoms with E-state index in [1.54, 1.807) is 12.4 Å². The van der Waals surface area contributed by atoms with Gasteiger partial charge in [0.25, 0.3) is 0 Å². The Bertz CT molecular complexity index is 644. The Kier molecular flexibility index (Phi) is 7.44. The molecule has 0 aliphatic carbocycles. The maximum absolute atomic E-state index is 13.0. The van der Waals surface area contributed by atoms with Gasteiger partial charge in [0.2, 0.25) is 5.91 Å². The number of aromatic nitrogens is 1. The van der Waals surface area contributed by atoms with Gasteiger partial charge in [-0.25, -0.2) is 0 Å². The van der Waals surface area contributed by atoms with E-state index in [-0.39, 0.29) is 17.5 Å². The molecule has 2 saturated heterocycles. The third-order valence-electron chi connectivity index (χ3n) is 5.49. The molecule has 1 aromatic rings. The highest BCUT2D eigenvalue weighted by atomic mass is 35.5. The minimum Gasteiger partial charge on any atom is -0.370 e. The van der Waals surface area contributed by atoms with E-state index in [1.807, 2.05) is 13.1 Å². The number of rotatable bonds is 6. The number of carbonyl (C=O) groups excluding carboxylic acids is 1. The van der Waals surface area contributed by atoms with Gasteiger partial charge in [-0.15, -0.1) is 11.6 Å². The van der Waals surface area contributed by atoms with Crippen molar-refractivity contribution in [1.29, 1.82) is 0 Å². The number of anilines is 2. The van der Waals surface area contributed by atoms with Gasteiger partial charge in [0.1, 0.15) is 0 Å². The summed E-state index contributed by atoms with van der Waals surface area (Å²) in [5.74, 6) is -0.889. The summed E-state index contributed by atoms with van der Waals surface area (Å²) in [5, 5.41) is 12.7. The van der Waals surface area contributed by atoms with Crippen molar-refractivity contribution in [3.05, 3.63) is 18.5 Å². The molecule has 0 spiro atoms. The molecule has 9 nitrogen and oxygen atoms in total. The Balaban J connectivity index is 1.71. The van der Waals surface area contributed by atoms with Gasteiger partial charge in [-0.2, -0.15) is 0 Å². The maximum Gasteiger partial charge on any atom is 0.233 e. The molecule has 3 heterocycles. The van der Waals surface area contributed by atoms with Gasteiger partial charge in [0.15, 0.2) is 0 Å². The SMILES string of the molecule is CNC1CCN(c2ccncc2NC(=O)C(C(N)N)C2NCC(Cl)CN2)CC1. The lowest BCUT2D eigenvalue weighted by Crippen LogP contribution is -2.64. The van der Waals surface area contributed by atoms with E-state index >= 15 is 0 Å². The van der Waals surface area contributed by atoms with Crippen LogP contribution in [0.3, 0.4) is 0 Å². The Morgan fingerprint density at radius 1 is 1.32 bits per heavy atom. The number of amides is 1. The van der Waals surface area contributed by atoms with Crippen LogP contribution >= 0.6 is 11.6 Å². The highest BCUT2D eigenvalue weighted by Crippen LogP contribution is 2.28. The Hall–Kier alpha value is -1.49. The number of nitrogens with zero attached hydrogens (tertiary/aromatic N) is 2. The fraction of sp³-hybridized carbons (Fsp3) is 0.667. The predicted molar refractivity (Wildman–Crippen MR) is 112 cm³/mol. The Labute approximate surface area is 170 Å². The van der Waals surface area contributed by atoms with Crippen molar-refractivity contribution < 1.29 is 4.79 Å². The number of carbonyl (C=O) groups is 1. The normalized spacial score (nSPS) is 25.0. The van der Waals surface area contributed by atoms with Crippen LogP contribution in [0.15, 0.2) is 18.5 Å². The van der Waals surface area contributed by atoms with Gasteiger partial charge in [-0.05, 0) is 26.0 Å². The second kappa shape index (κ2) is 9.82. The van der Waals surface area contributed by atoms with Crippen molar-refractivity contribution in [3.63, 3.8) is 0 Å². The van der Waals surface area contributed by atoms with Gasteiger partial charge < -0.3 is 27.0 Å². The van der Waals surface area contributed by atoms with Gasteiger partial charge in [0, 0.05) is 38.4 Å². The minimum absolute atomic E-state index is 0.0283. The topological polar surface area (TPSA) is 133 Å². The summed E-state index contributed by atoms with van der Waals surface area (Å²) in [5.41, 5.74) is 13.5. The van der Waals surface area contributed by atoms with E-state index in [1.165, 1.54) is 0 Å². The van der Waals surface area contributed by atoms with Gasteiger partial charge >= 0.3 is 0 Å². The standard InChI is InChI=1S/C18H31ClN8O/c1-22-12-3-6-27(7-4-12)14-2-5-23-10-13(14)26-18(28)15(16(20)21)17-24-8-11(19)9-25-17/h2,5,10-12,15-17,22,24-25H,3-4,6-9,20-21H2,1H3,(H,26,28). The number of hydrogen-bond acceptors (Lipinski definition) is 8. The van der Waals surface area contributed by atoms with Crippen LogP contribution in [0.2, 0.25) is 0 Å². The van der Waals surface area contributed by atoms with Gasteiger partial charge in [-0.1, -0.05) is 0 Å². The fourth-order valence-electron chi connectivity index (χ4n) is 3.84. The second-order valence-corrected chi connectivity index (χ2v) is 8.04. The highest BCUT2D eigenvalue weighted by molar-refractivity contribution is 6.21. The predicted octanol–water partition coefficient (Wildman–Crippen LogP) is -0.806. The average Bonchev–Trinajstić information content (AvgIpc) is 2.70. The van der Waals surface area contributed by atoms with Crippen molar-refractivity contribution in [1.82, 2.24) is 20.9 Å². The molecule has 2 fully saturated rings. The van der Waals surface area contributed by atoms with Crippen LogP contribution in [-0.2, 0) is 4.79 Å². The molecule has 2 aliphatic heterocycles. The molecule has 28 heavy (non-hydrogen) atoms. The van der Waals surface area contributed by atoms with Crippen LogP contribution < -0.4 is 37.6 Å². The van der Waals surface area contributed by atoms with E-state index in [4.69, 9.17) is 23.1 Å². The van der Waals surface area contributed by atoms with Crippen molar-refractivity contribution in [2.45, 2.75) is 36.6 Å². The minimum atomic E-state index is -0.816. The monoisotopic (exact) mass is 410 g/mol. The third kappa shape index (κ3) is 5.11. The molecule has 8 N–H and O–H groups in total. The molecule has 10 heteroatoms. The molecule has 1 atom stereocenters. The molecule has 1 amide bonds. The molecule has 156 valence electrons. The van der Waals surface area contributed by atoms with Crippen LogP contribution in [0.4, 0.5) is 11.4 Å². The van der Waals surface area contributed by atoms with Gasteiger partial charge in [0.05, 0.1) is 41.2 Å². The molecular formula is C18H31ClN8O. The number of halogens is 1. The number of piperidine rings is 1. The van der Waals surface area contributed by atoms with E-state index in [0.29, 0.717) is 24.8 Å². The quantitative estimate of drug-likeness (QED) is 0.265. The molecular weight excluding hydrogens is 380 g/mol. The lowest BCUT2D eigenvalue weighted by Gasteiger charge is -2.36. The van der Waals surface area contributed by atoms with E-state index in [0.717, 1.165) is 31.6 Å². The first-order valence-corrected chi connectivity index (χ1v) is 10.2. The summed E-state index contributed by atoms with van der Waals surface area (Å²) in [6.45, 7) is 3.02. The van der Waals surface area contributed by atoms with Crippen molar-refractivity contribution in [2.75, 3.05) is 43.4 Å². The molecule has 3 rings (SSSR count). The molecule has 0 aromatic carbocycles. The van der Waals surface area contributed by atoms with E-state index < -0.39 is 12.1 Å². The van der Waals surface area contributed by atoms with Crippen molar-refractivity contribution in [2.24, 2.45) is 17.4 Å². The van der Waals surface area contributed by atoms with E-state index in [2.05, 4.69) is 31.2 Å². The summed E-state index contributed by atoms with van der Waals surface area (Å²) in [4.78, 5) is 19.5. The zero-order chi connectivity index (χ0) is 20.1. The fourth-order valence-corrected chi connectivity index (χ4v) is 4.02. The third-order valence-corrected chi connectivity index (χ3v) is 5.80. The smallest absolute Gasteiger partial charge is 0.233 e. The maximum atomic E-state index is 13.0. The summed E-state index contributed by atoms with van der Waals surface area (Å²) < 4.78 is 0. The molecule has 0 saturated carbocycles. The van der Waals surface area contributed by atoms with Gasteiger partial charge in [-0.3, -0.25) is 20.4 Å². The molecule has 0 bridgehead atoms. The summed E-state index contributed by atoms with van der Waals surface area (Å²) >= 11 is 6.10. The van der Waals surface area contributed by atoms with Crippen LogP contribution in [0.5, 0.6) is 0 Å². The number of pyridine rings is 1. The first-order valence-electron chi connectivity index (χ1n) is 9.78. The number of hydrogen-bond donors (Lipinski definition) is 6. The van der Waals surface area contributed by atoms with Crippen LogP contribution in [-0.4, -0.2) is 67.9 Å². The Morgan fingerprint density at radius 3 is 2.61 bits per heavy atom. The first-order chi connectivity index (χ1) is 13.5. The summed E-state index contributed by atoms with van der Waals surface area (Å²) in [6, 6.07) is 2.46. The number of nitrogens with one attached hydrogen (secondary N) is 4. The molecule has 0 radical (unpaired) electrons. The molecule has 2 aliphatic rings.